The lowest BCUT2D eigenvalue weighted by Crippen LogP contribution is -2.12. The summed E-state index contributed by atoms with van der Waals surface area (Å²) in [4.78, 5) is 15.4. The van der Waals surface area contributed by atoms with Gasteiger partial charge in [0.2, 0.25) is 5.88 Å². The number of pyridine rings is 1. The summed E-state index contributed by atoms with van der Waals surface area (Å²) >= 11 is 1.34. The molecule has 1 fully saturated rings. The van der Waals surface area contributed by atoms with Crippen LogP contribution in [-0.4, -0.2) is 27.9 Å². The van der Waals surface area contributed by atoms with Crippen LogP contribution in [0.2, 0.25) is 0 Å². The molecule has 4 nitrogen and oxygen atoms in total. The maximum Gasteiger partial charge on any atom is 0.303 e. The van der Waals surface area contributed by atoms with Crippen molar-refractivity contribution in [3.05, 3.63) is 42.3 Å². The number of halogens is 1. The zero-order valence-electron chi connectivity index (χ0n) is 14.5. The van der Waals surface area contributed by atoms with Crippen LogP contribution in [0.5, 0.6) is 5.88 Å². The van der Waals surface area contributed by atoms with Crippen LogP contribution in [-0.2, 0) is 4.79 Å². The lowest BCUT2D eigenvalue weighted by molar-refractivity contribution is -0.137. The summed E-state index contributed by atoms with van der Waals surface area (Å²) in [5, 5.41) is 8.65. The van der Waals surface area contributed by atoms with Gasteiger partial charge in [-0.2, -0.15) is 0 Å². The summed E-state index contributed by atoms with van der Waals surface area (Å²) in [5.74, 6) is -0.00200. The molecule has 6 heteroatoms. The molecular weight excluding hydrogens is 353 g/mol. The Kier molecular flexibility index (Phi) is 6.50. The molecule has 0 radical (unpaired) electrons. The molecule has 138 valence electrons. The fourth-order valence-electron chi connectivity index (χ4n) is 3.06. The third-order valence-corrected chi connectivity index (χ3v) is 5.52. The molecule has 1 aliphatic rings. The van der Waals surface area contributed by atoms with Crippen LogP contribution in [0.1, 0.15) is 38.5 Å². The normalized spacial score (nSPS) is 14.5. The van der Waals surface area contributed by atoms with Crippen molar-refractivity contribution in [3.63, 3.8) is 0 Å². The molecule has 0 spiro atoms. The molecule has 0 unspecified atom stereocenters. The molecule has 1 saturated carbocycles. The number of hydrogen-bond acceptors (Lipinski definition) is 4. The van der Waals surface area contributed by atoms with Crippen LogP contribution in [0.3, 0.4) is 0 Å². The van der Waals surface area contributed by atoms with Gasteiger partial charge in [-0.05, 0) is 67.7 Å². The molecule has 1 aromatic carbocycles. The molecular formula is C20H22FNO3S. The monoisotopic (exact) mass is 375 g/mol. The number of aromatic nitrogens is 1. The largest absolute Gasteiger partial charge is 0.481 e. The fourth-order valence-corrected chi connectivity index (χ4v) is 3.93. The number of hydrogen-bond donors (Lipinski definition) is 1. The third-order valence-electron chi connectivity index (χ3n) is 4.39. The number of carboxylic acids is 1. The predicted octanol–water partition coefficient (Wildman–Crippen LogP) is 5.17. The van der Waals surface area contributed by atoms with Gasteiger partial charge in [0.25, 0.3) is 0 Å². The molecule has 0 saturated heterocycles. The van der Waals surface area contributed by atoms with E-state index in [0.29, 0.717) is 22.9 Å². The topological polar surface area (TPSA) is 59.4 Å². The van der Waals surface area contributed by atoms with E-state index >= 15 is 0 Å². The van der Waals surface area contributed by atoms with Gasteiger partial charge in [-0.15, -0.1) is 11.8 Å². The number of carbonyl (C=O) groups is 1. The summed E-state index contributed by atoms with van der Waals surface area (Å²) in [5.41, 5.74) is 1.53. The summed E-state index contributed by atoms with van der Waals surface area (Å²) < 4.78 is 20.5. The van der Waals surface area contributed by atoms with Crippen molar-refractivity contribution in [1.29, 1.82) is 0 Å². The Morgan fingerprint density at radius 3 is 2.85 bits per heavy atom. The summed E-state index contributed by atoms with van der Waals surface area (Å²) in [6.07, 6.45) is 6.93. The molecule has 0 bridgehead atoms. The van der Waals surface area contributed by atoms with Crippen molar-refractivity contribution in [2.24, 2.45) is 0 Å². The van der Waals surface area contributed by atoms with Crippen LogP contribution < -0.4 is 4.74 Å². The first-order chi connectivity index (χ1) is 12.6. The van der Waals surface area contributed by atoms with Crippen LogP contribution in [0.15, 0.2) is 41.4 Å². The molecule has 1 aliphatic carbocycles. The van der Waals surface area contributed by atoms with Crippen LogP contribution in [0.25, 0.3) is 11.1 Å². The number of nitrogens with zero attached hydrogens (tertiary/aromatic N) is 1. The van der Waals surface area contributed by atoms with Gasteiger partial charge in [0.1, 0.15) is 11.9 Å². The Morgan fingerprint density at radius 2 is 2.12 bits per heavy atom. The quantitative estimate of drug-likeness (QED) is 0.510. The van der Waals surface area contributed by atoms with Gasteiger partial charge >= 0.3 is 5.97 Å². The van der Waals surface area contributed by atoms with Crippen LogP contribution in [0, 0.1) is 5.82 Å². The van der Waals surface area contributed by atoms with Gasteiger partial charge in [-0.1, -0.05) is 6.07 Å². The highest BCUT2D eigenvalue weighted by atomic mass is 32.2. The van der Waals surface area contributed by atoms with E-state index in [2.05, 4.69) is 4.98 Å². The van der Waals surface area contributed by atoms with E-state index in [-0.39, 0.29) is 18.3 Å². The van der Waals surface area contributed by atoms with Gasteiger partial charge < -0.3 is 9.84 Å². The third kappa shape index (κ3) is 4.97. The van der Waals surface area contributed by atoms with Gasteiger partial charge in [0.15, 0.2) is 0 Å². The highest BCUT2D eigenvalue weighted by Crippen LogP contribution is 2.34. The summed E-state index contributed by atoms with van der Waals surface area (Å²) in [6.45, 7) is 0. The lowest BCUT2D eigenvalue weighted by atomic mass is 10.1. The number of ether oxygens (including phenoxy) is 1. The van der Waals surface area contributed by atoms with E-state index in [1.807, 2.05) is 18.2 Å². The Hall–Kier alpha value is -2.08. The smallest absolute Gasteiger partial charge is 0.303 e. The minimum atomic E-state index is -0.826. The second-order valence-electron chi connectivity index (χ2n) is 6.37. The van der Waals surface area contributed by atoms with Crippen molar-refractivity contribution < 1.29 is 19.0 Å². The first kappa shape index (κ1) is 18.7. The van der Waals surface area contributed by atoms with E-state index in [1.165, 1.54) is 30.7 Å². The fraction of sp³-hybridized carbons (Fsp3) is 0.400. The maximum atomic E-state index is 14.5. The van der Waals surface area contributed by atoms with Crippen molar-refractivity contribution >= 4 is 17.7 Å². The molecule has 1 N–H and O–H groups in total. The molecule has 0 amide bonds. The highest BCUT2D eigenvalue weighted by molar-refractivity contribution is 7.99. The molecule has 1 aromatic heterocycles. The van der Waals surface area contributed by atoms with Gasteiger partial charge in [0, 0.05) is 23.1 Å². The minimum Gasteiger partial charge on any atom is -0.481 e. The molecule has 2 aromatic rings. The van der Waals surface area contributed by atoms with E-state index in [0.717, 1.165) is 24.0 Å². The average Bonchev–Trinajstić information content (AvgIpc) is 3.13. The Labute approximate surface area is 156 Å². The molecule has 1 heterocycles. The van der Waals surface area contributed by atoms with Gasteiger partial charge in [-0.3, -0.25) is 4.79 Å². The van der Waals surface area contributed by atoms with E-state index in [9.17, 15) is 9.18 Å². The van der Waals surface area contributed by atoms with E-state index in [4.69, 9.17) is 9.84 Å². The SMILES string of the molecule is O=C(O)CCCSc1ccc(-c2cccnc2OC2CCCC2)cc1F. The van der Waals surface area contributed by atoms with Crippen LogP contribution in [0.4, 0.5) is 4.39 Å². The van der Waals surface area contributed by atoms with Crippen molar-refractivity contribution in [2.45, 2.75) is 49.5 Å². The Bertz CT molecular complexity index is 762. The molecule has 3 rings (SSSR count). The number of thioether (sulfide) groups is 1. The van der Waals surface area contributed by atoms with Gasteiger partial charge in [-0.25, -0.2) is 9.37 Å². The Morgan fingerprint density at radius 1 is 1.31 bits per heavy atom. The summed E-state index contributed by atoms with van der Waals surface area (Å²) in [7, 11) is 0. The van der Waals surface area contributed by atoms with Gasteiger partial charge in [0.05, 0.1) is 0 Å². The number of rotatable bonds is 8. The Balaban J connectivity index is 1.71. The molecule has 0 aliphatic heterocycles. The van der Waals surface area contributed by atoms with E-state index in [1.54, 1.807) is 12.3 Å². The number of benzene rings is 1. The summed E-state index contributed by atoms with van der Waals surface area (Å²) in [6, 6.07) is 8.82. The lowest BCUT2D eigenvalue weighted by Gasteiger charge is -2.15. The first-order valence-electron chi connectivity index (χ1n) is 8.89. The average molecular weight is 375 g/mol. The van der Waals surface area contributed by atoms with E-state index < -0.39 is 5.97 Å². The maximum absolute atomic E-state index is 14.5. The minimum absolute atomic E-state index is 0.101. The van der Waals surface area contributed by atoms with Crippen molar-refractivity contribution in [3.8, 4) is 17.0 Å². The van der Waals surface area contributed by atoms with Crippen LogP contribution >= 0.6 is 11.8 Å². The van der Waals surface area contributed by atoms with Crippen molar-refractivity contribution in [1.82, 2.24) is 4.98 Å². The standard InChI is InChI=1S/C20H22FNO3S/c21-17-13-14(9-10-18(17)26-12-4-8-19(23)24)16-7-3-11-22-20(16)25-15-5-1-2-6-15/h3,7,9-11,13,15H,1-2,4-6,8,12H2,(H,23,24). The second kappa shape index (κ2) is 9.03. The number of aliphatic carboxylic acids is 1. The highest BCUT2D eigenvalue weighted by Gasteiger charge is 2.19. The number of carboxylic acid groups (broad SMARTS) is 1. The first-order valence-corrected chi connectivity index (χ1v) is 9.88. The zero-order chi connectivity index (χ0) is 18.4. The molecule has 0 atom stereocenters. The van der Waals surface area contributed by atoms with Crippen molar-refractivity contribution in [2.75, 3.05) is 5.75 Å². The zero-order valence-corrected chi connectivity index (χ0v) is 15.3. The second-order valence-corrected chi connectivity index (χ2v) is 7.51. The predicted molar refractivity (Wildman–Crippen MR) is 100 cm³/mol. The molecule has 26 heavy (non-hydrogen) atoms.